The van der Waals surface area contributed by atoms with Crippen LogP contribution in [0.2, 0.25) is 0 Å². The summed E-state index contributed by atoms with van der Waals surface area (Å²) in [4.78, 5) is 0. The van der Waals surface area contributed by atoms with Crippen LogP contribution in [-0.4, -0.2) is 31.7 Å². The van der Waals surface area contributed by atoms with Gasteiger partial charge in [0.2, 0.25) is 0 Å². The van der Waals surface area contributed by atoms with Crippen LogP contribution in [0.1, 0.15) is 42.9 Å². The van der Waals surface area contributed by atoms with E-state index in [0.29, 0.717) is 19.4 Å². The minimum Gasteiger partial charge on any atom is -0.496 e. The molecule has 4 nitrogen and oxygen atoms in total. The van der Waals surface area contributed by atoms with Crippen LogP contribution in [0.25, 0.3) is 0 Å². The predicted octanol–water partition coefficient (Wildman–Crippen LogP) is 3.39. The molecule has 2 rings (SSSR count). The Kier molecular flexibility index (Phi) is 7.84. The monoisotopic (exact) mass is 330 g/mol. The maximum absolute atomic E-state index is 10.4. The van der Waals surface area contributed by atoms with Crippen LogP contribution >= 0.6 is 0 Å². The molecule has 0 spiro atoms. The topological polar surface area (TPSA) is 47.9 Å². The van der Waals surface area contributed by atoms with Gasteiger partial charge in [0.25, 0.3) is 0 Å². The Labute approximate surface area is 144 Å². The summed E-state index contributed by atoms with van der Waals surface area (Å²) in [5.41, 5.74) is 1.68. The zero-order valence-electron chi connectivity index (χ0n) is 14.3. The van der Waals surface area contributed by atoms with Gasteiger partial charge in [0.15, 0.2) is 6.29 Å². The minimum atomic E-state index is -0.846. The molecule has 0 aromatic heterocycles. The van der Waals surface area contributed by atoms with Crippen molar-refractivity contribution in [2.75, 3.05) is 20.3 Å². The van der Waals surface area contributed by atoms with Crippen molar-refractivity contribution in [2.24, 2.45) is 0 Å². The highest BCUT2D eigenvalue weighted by molar-refractivity contribution is 5.44. The first-order valence-electron chi connectivity index (χ1n) is 8.42. The van der Waals surface area contributed by atoms with Crippen molar-refractivity contribution in [3.63, 3.8) is 0 Å². The van der Waals surface area contributed by atoms with Gasteiger partial charge in [-0.15, -0.1) is 6.58 Å². The van der Waals surface area contributed by atoms with Crippen LogP contribution in [0.5, 0.6) is 5.75 Å². The lowest BCUT2D eigenvalue weighted by Crippen LogP contribution is -2.22. The van der Waals surface area contributed by atoms with E-state index in [0.717, 1.165) is 42.7 Å². The molecule has 0 saturated carbocycles. The first-order chi connectivity index (χ1) is 11.8. The lowest BCUT2D eigenvalue weighted by atomic mass is 9.99. The van der Waals surface area contributed by atoms with E-state index in [4.69, 9.17) is 14.2 Å². The normalized spacial score (nSPS) is 18.3. The van der Waals surface area contributed by atoms with Gasteiger partial charge in [0.05, 0.1) is 13.7 Å². The molecule has 1 aromatic rings. The number of methoxy groups -OCH3 is 1. The van der Waals surface area contributed by atoms with E-state index in [1.54, 1.807) is 13.2 Å². The molecule has 1 fully saturated rings. The van der Waals surface area contributed by atoms with Crippen molar-refractivity contribution >= 4 is 0 Å². The number of aliphatic hydroxyl groups excluding tert-OH is 1. The average molecular weight is 330 g/mol. The lowest BCUT2D eigenvalue weighted by Gasteiger charge is -2.22. The van der Waals surface area contributed by atoms with Crippen LogP contribution < -0.4 is 4.74 Å². The average Bonchev–Trinajstić information content (AvgIpc) is 2.62. The molecule has 0 amide bonds. The molecule has 1 aliphatic heterocycles. The molecule has 130 valence electrons. The smallest absolute Gasteiger partial charge is 0.157 e. The fraction of sp³-hybridized carbons (Fsp3) is 0.500. The van der Waals surface area contributed by atoms with Gasteiger partial charge >= 0.3 is 0 Å². The first-order valence-corrected chi connectivity index (χ1v) is 8.42. The summed E-state index contributed by atoms with van der Waals surface area (Å²) in [6.45, 7) is 5.05. The van der Waals surface area contributed by atoms with Gasteiger partial charge in [-0.05, 0) is 37.3 Å². The van der Waals surface area contributed by atoms with Crippen molar-refractivity contribution in [3.8, 4) is 17.6 Å². The third kappa shape index (κ3) is 5.38. The first kappa shape index (κ1) is 18.5. The largest absolute Gasteiger partial charge is 0.496 e. The fourth-order valence-electron chi connectivity index (χ4n) is 2.72. The highest BCUT2D eigenvalue weighted by Gasteiger charge is 2.14. The molecule has 1 saturated heterocycles. The Morgan fingerprint density at radius 3 is 3.04 bits per heavy atom. The van der Waals surface area contributed by atoms with E-state index >= 15 is 0 Å². The van der Waals surface area contributed by atoms with Crippen molar-refractivity contribution in [2.45, 2.75) is 44.5 Å². The third-order valence-electron chi connectivity index (χ3n) is 3.94. The number of ether oxygens (including phenoxy) is 3. The number of hydrogen-bond donors (Lipinski definition) is 1. The van der Waals surface area contributed by atoms with Gasteiger partial charge in [0, 0.05) is 18.6 Å². The molecular formula is C20H26O4. The highest BCUT2D eigenvalue weighted by atomic mass is 16.7. The Balaban J connectivity index is 1.90. The van der Waals surface area contributed by atoms with Crippen molar-refractivity contribution < 1.29 is 19.3 Å². The van der Waals surface area contributed by atoms with Gasteiger partial charge in [-0.2, -0.15) is 0 Å². The summed E-state index contributed by atoms with van der Waals surface area (Å²) in [5, 5.41) is 10.4. The van der Waals surface area contributed by atoms with Crippen LogP contribution in [0.3, 0.4) is 0 Å². The molecule has 1 aromatic carbocycles. The lowest BCUT2D eigenvalue weighted by molar-refractivity contribution is -0.161. The molecule has 1 N–H and O–H groups in total. The number of allylic oxidation sites excluding steroid dienone is 1. The second kappa shape index (κ2) is 10.1. The molecule has 2 unspecified atom stereocenters. The summed E-state index contributed by atoms with van der Waals surface area (Å²) in [7, 11) is 1.62. The number of benzene rings is 1. The molecule has 0 bridgehead atoms. The zero-order valence-corrected chi connectivity index (χ0v) is 14.3. The summed E-state index contributed by atoms with van der Waals surface area (Å²) in [6.07, 6.45) is 5.25. The van der Waals surface area contributed by atoms with Gasteiger partial charge in [-0.25, -0.2) is 0 Å². The zero-order chi connectivity index (χ0) is 17.2. The van der Waals surface area contributed by atoms with Crippen molar-refractivity contribution in [1.82, 2.24) is 0 Å². The summed E-state index contributed by atoms with van der Waals surface area (Å²) in [5.74, 6) is 6.61. The second-order valence-electron chi connectivity index (χ2n) is 5.66. The quantitative estimate of drug-likeness (QED) is 0.473. The third-order valence-corrected chi connectivity index (χ3v) is 3.94. The van der Waals surface area contributed by atoms with Gasteiger partial charge in [0.1, 0.15) is 11.9 Å². The fourth-order valence-corrected chi connectivity index (χ4v) is 2.72. The summed E-state index contributed by atoms with van der Waals surface area (Å²) < 4.78 is 16.5. The molecule has 0 aliphatic carbocycles. The van der Waals surface area contributed by atoms with Crippen LogP contribution in [0.4, 0.5) is 0 Å². The van der Waals surface area contributed by atoms with Crippen LogP contribution in [0.15, 0.2) is 30.9 Å². The number of aliphatic hydroxyl groups is 1. The van der Waals surface area contributed by atoms with E-state index < -0.39 is 6.10 Å². The summed E-state index contributed by atoms with van der Waals surface area (Å²) >= 11 is 0. The van der Waals surface area contributed by atoms with Crippen LogP contribution in [-0.2, 0) is 15.9 Å². The number of hydrogen-bond acceptors (Lipinski definition) is 4. The second-order valence-corrected chi connectivity index (χ2v) is 5.66. The Bertz CT molecular complexity index is 579. The molecule has 2 atom stereocenters. The van der Waals surface area contributed by atoms with Crippen molar-refractivity contribution in [3.05, 3.63) is 42.0 Å². The van der Waals surface area contributed by atoms with E-state index in [-0.39, 0.29) is 6.29 Å². The van der Waals surface area contributed by atoms with E-state index in [1.807, 2.05) is 18.2 Å². The molecule has 4 heteroatoms. The standard InChI is InChI=1S/C20H26O4/c1-3-9-17-16(10-8-12-19(17)22-2)18(21)11-4-6-14-23-20-13-5-7-15-24-20/h3,8,10,12,18,20-21H,1,5-7,9,13-15H2,2H3. The SMILES string of the molecule is C=CCc1c(OC)cccc1C(O)C#CCCOC1CCCCO1. The molecule has 1 heterocycles. The predicted molar refractivity (Wildman–Crippen MR) is 93.8 cm³/mol. The van der Waals surface area contributed by atoms with E-state index in [9.17, 15) is 5.11 Å². The minimum absolute atomic E-state index is 0.0944. The van der Waals surface area contributed by atoms with Gasteiger partial charge < -0.3 is 19.3 Å². The Hall–Kier alpha value is -1.80. The highest BCUT2D eigenvalue weighted by Crippen LogP contribution is 2.27. The summed E-state index contributed by atoms with van der Waals surface area (Å²) in [6, 6.07) is 5.60. The Morgan fingerprint density at radius 2 is 2.33 bits per heavy atom. The van der Waals surface area contributed by atoms with Gasteiger partial charge in [-0.1, -0.05) is 30.0 Å². The molecule has 1 aliphatic rings. The van der Waals surface area contributed by atoms with Gasteiger partial charge in [-0.3, -0.25) is 0 Å². The van der Waals surface area contributed by atoms with E-state index in [1.165, 1.54) is 0 Å². The maximum atomic E-state index is 10.4. The van der Waals surface area contributed by atoms with Crippen LogP contribution in [0, 0.1) is 11.8 Å². The van der Waals surface area contributed by atoms with Crippen molar-refractivity contribution in [1.29, 1.82) is 0 Å². The molecule has 24 heavy (non-hydrogen) atoms. The number of rotatable bonds is 7. The maximum Gasteiger partial charge on any atom is 0.157 e. The van der Waals surface area contributed by atoms with E-state index in [2.05, 4.69) is 18.4 Å². The molecule has 0 radical (unpaired) electrons. The molecular weight excluding hydrogens is 304 g/mol. The Morgan fingerprint density at radius 1 is 1.46 bits per heavy atom.